The molecular weight excluding hydrogens is 270 g/mol. The summed E-state index contributed by atoms with van der Waals surface area (Å²) in [6.07, 6.45) is -0.453. The minimum absolute atomic E-state index is 0.0518. The Hall–Kier alpha value is -2.42. The number of aliphatic hydroxyl groups excluding tert-OH is 1. The van der Waals surface area contributed by atoms with E-state index in [4.69, 9.17) is 10.2 Å². The molecule has 0 saturated carbocycles. The van der Waals surface area contributed by atoms with Gasteiger partial charge in [0.05, 0.1) is 12.3 Å². The number of amides is 3. The zero-order chi connectivity index (χ0) is 15.0. The van der Waals surface area contributed by atoms with E-state index in [9.17, 15) is 19.2 Å². The Bertz CT molecular complexity index is 643. The second kappa shape index (κ2) is 4.93. The smallest absolute Gasteiger partial charge is 0.421 e. The number of rotatable bonds is 2. The molecule has 1 aromatic heterocycles. The van der Waals surface area contributed by atoms with Gasteiger partial charge in [0.2, 0.25) is 5.91 Å². The molecule has 1 aliphatic rings. The fraction of sp³-hybridized carbons (Fsp3) is 0.455. The molecule has 0 aliphatic carbocycles. The Morgan fingerprint density at radius 1 is 1.40 bits per heavy atom. The number of piperidine rings is 1. The van der Waals surface area contributed by atoms with Gasteiger partial charge in [-0.15, -0.1) is 0 Å². The van der Waals surface area contributed by atoms with E-state index >= 15 is 0 Å². The highest BCUT2D eigenvalue weighted by atomic mass is 16.4. The van der Waals surface area contributed by atoms with E-state index in [1.807, 2.05) is 0 Å². The number of imide groups is 3. The van der Waals surface area contributed by atoms with Gasteiger partial charge >= 0.3 is 11.8 Å². The van der Waals surface area contributed by atoms with Gasteiger partial charge in [-0.2, -0.15) is 4.90 Å². The van der Waals surface area contributed by atoms with E-state index in [-0.39, 0.29) is 24.3 Å². The predicted octanol–water partition coefficient (Wildman–Crippen LogP) is -0.953. The van der Waals surface area contributed by atoms with Crippen molar-refractivity contribution in [2.75, 3.05) is 0 Å². The fourth-order valence-corrected chi connectivity index (χ4v) is 2.20. The fourth-order valence-electron chi connectivity index (χ4n) is 2.20. The average Bonchev–Trinajstić information content (AvgIpc) is 2.66. The van der Waals surface area contributed by atoms with Crippen molar-refractivity contribution in [2.45, 2.75) is 25.5 Å². The molecule has 1 aromatic rings. The number of aliphatic hydroxyl groups is 1. The standard InChI is InChI=1S/C11H13N3O6/c1-12-6(5-15)4-13(10(12)18)7-2-3-8(16)14(9(7)17)11(19)20/h4,7,15H,2-3,5H2,1H3,(H,19,20). The number of likely N-dealkylation sites (tertiary alicyclic amines) is 1. The van der Waals surface area contributed by atoms with Crippen LogP contribution in [0.25, 0.3) is 0 Å². The van der Waals surface area contributed by atoms with Crippen LogP contribution in [0, 0.1) is 0 Å². The summed E-state index contributed by atoms with van der Waals surface area (Å²) in [7, 11) is 1.43. The first-order chi connectivity index (χ1) is 9.38. The van der Waals surface area contributed by atoms with Crippen LogP contribution in [0.5, 0.6) is 0 Å². The van der Waals surface area contributed by atoms with Gasteiger partial charge in [0.25, 0.3) is 5.91 Å². The third kappa shape index (κ3) is 2.01. The van der Waals surface area contributed by atoms with E-state index in [0.717, 1.165) is 9.13 Å². The van der Waals surface area contributed by atoms with E-state index in [0.29, 0.717) is 5.69 Å². The van der Waals surface area contributed by atoms with E-state index in [2.05, 4.69) is 0 Å². The number of aromatic nitrogens is 2. The minimum atomic E-state index is -1.66. The van der Waals surface area contributed by atoms with E-state index < -0.39 is 29.6 Å². The van der Waals surface area contributed by atoms with Crippen LogP contribution in [0.3, 0.4) is 0 Å². The lowest BCUT2D eigenvalue weighted by atomic mass is 10.0. The number of imidazole rings is 1. The lowest BCUT2D eigenvalue weighted by molar-refractivity contribution is -0.148. The van der Waals surface area contributed by atoms with Crippen molar-refractivity contribution >= 4 is 17.9 Å². The number of carbonyl (C=O) groups is 3. The molecule has 9 nitrogen and oxygen atoms in total. The number of carbonyl (C=O) groups excluding carboxylic acids is 2. The predicted molar refractivity (Wildman–Crippen MR) is 63.7 cm³/mol. The van der Waals surface area contributed by atoms with E-state index in [1.165, 1.54) is 13.2 Å². The van der Waals surface area contributed by atoms with Gasteiger partial charge in [0.15, 0.2) is 0 Å². The lowest BCUT2D eigenvalue weighted by Crippen LogP contribution is -2.49. The lowest BCUT2D eigenvalue weighted by Gasteiger charge is -2.27. The Morgan fingerprint density at radius 3 is 2.55 bits per heavy atom. The summed E-state index contributed by atoms with van der Waals surface area (Å²) >= 11 is 0. The largest absolute Gasteiger partial charge is 0.464 e. The Balaban J connectivity index is 2.43. The third-order valence-electron chi connectivity index (χ3n) is 3.30. The molecule has 20 heavy (non-hydrogen) atoms. The maximum atomic E-state index is 12.0. The monoisotopic (exact) mass is 283 g/mol. The molecular formula is C11H13N3O6. The Morgan fingerprint density at radius 2 is 2.05 bits per heavy atom. The van der Waals surface area contributed by atoms with Crippen molar-refractivity contribution in [1.82, 2.24) is 14.0 Å². The van der Waals surface area contributed by atoms with Gasteiger partial charge in [-0.1, -0.05) is 0 Å². The number of hydrogen-bond donors (Lipinski definition) is 2. The Labute approximate surface area is 112 Å². The highest BCUT2D eigenvalue weighted by Crippen LogP contribution is 2.23. The molecule has 2 rings (SSSR count). The summed E-state index contributed by atoms with van der Waals surface area (Å²) in [6.45, 7) is -0.388. The molecule has 2 heterocycles. The molecule has 1 aliphatic heterocycles. The van der Waals surface area contributed by atoms with Crippen molar-refractivity contribution in [2.24, 2.45) is 7.05 Å². The normalized spacial score (nSPS) is 19.5. The second-order valence-corrected chi connectivity index (χ2v) is 4.43. The molecule has 0 spiro atoms. The summed E-state index contributed by atoms with van der Waals surface area (Å²) in [5.74, 6) is -1.75. The highest BCUT2D eigenvalue weighted by molar-refractivity contribution is 6.10. The van der Waals surface area contributed by atoms with Crippen molar-refractivity contribution in [3.8, 4) is 0 Å². The zero-order valence-electron chi connectivity index (χ0n) is 10.6. The van der Waals surface area contributed by atoms with Gasteiger partial charge in [-0.3, -0.25) is 18.7 Å². The van der Waals surface area contributed by atoms with Crippen molar-refractivity contribution < 1.29 is 24.6 Å². The number of nitrogens with zero attached hydrogens (tertiary/aromatic N) is 3. The molecule has 0 radical (unpaired) electrons. The quantitative estimate of drug-likeness (QED) is 0.675. The molecule has 0 bridgehead atoms. The first-order valence-corrected chi connectivity index (χ1v) is 5.85. The average molecular weight is 283 g/mol. The van der Waals surface area contributed by atoms with Gasteiger partial charge in [0.1, 0.15) is 6.04 Å². The maximum absolute atomic E-state index is 12.0. The second-order valence-electron chi connectivity index (χ2n) is 4.43. The topological polar surface area (TPSA) is 122 Å². The zero-order valence-corrected chi connectivity index (χ0v) is 10.6. The molecule has 1 unspecified atom stereocenters. The van der Waals surface area contributed by atoms with Crippen molar-refractivity contribution in [3.63, 3.8) is 0 Å². The molecule has 2 N–H and O–H groups in total. The highest BCUT2D eigenvalue weighted by Gasteiger charge is 2.40. The number of carboxylic acid groups (broad SMARTS) is 1. The van der Waals surface area contributed by atoms with Gasteiger partial charge in [-0.25, -0.2) is 9.59 Å². The maximum Gasteiger partial charge on any atom is 0.421 e. The first kappa shape index (κ1) is 14.0. The van der Waals surface area contributed by atoms with Gasteiger partial charge in [0, 0.05) is 19.7 Å². The van der Waals surface area contributed by atoms with Crippen LogP contribution < -0.4 is 5.69 Å². The van der Waals surface area contributed by atoms with Crippen LogP contribution in [0.1, 0.15) is 24.6 Å². The van der Waals surface area contributed by atoms with Crippen LogP contribution >= 0.6 is 0 Å². The molecule has 1 saturated heterocycles. The first-order valence-electron chi connectivity index (χ1n) is 5.85. The SMILES string of the molecule is Cn1c(CO)cn(C2CCC(=O)N(C(=O)O)C2=O)c1=O. The van der Waals surface area contributed by atoms with Crippen LogP contribution in [0.15, 0.2) is 11.0 Å². The molecule has 9 heteroatoms. The summed E-state index contributed by atoms with van der Waals surface area (Å²) in [4.78, 5) is 46.5. The molecule has 108 valence electrons. The van der Waals surface area contributed by atoms with Crippen LogP contribution in [-0.4, -0.2) is 42.2 Å². The summed E-state index contributed by atoms with van der Waals surface area (Å²) < 4.78 is 2.21. The van der Waals surface area contributed by atoms with Gasteiger partial charge < -0.3 is 10.2 Å². The van der Waals surface area contributed by atoms with Crippen LogP contribution in [0.4, 0.5) is 4.79 Å². The molecule has 1 atom stereocenters. The van der Waals surface area contributed by atoms with Gasteiger partial charge in [-0.05, 0) is 6.42 Å². The summed E-state index contributed by atoms with van der Waals surface area (Å²) in [5, 5.41) is 18.0. The third-order valence-corrected chi connectivity index (χ3v) is 3.30. The van der Waals surface area contributed by atoms with Crippen molar-refractivity contribution in [3.05, 3.63) is 22.4 Å². The Kier molecular flexibility index (Phi) is 3.45. The van der Waals surface area contributed by atoms with E-state index in [1.54, 1.807) is 0 Å². The van der Waals surface area contributed by atoms with Crippen LogP contribution in [-0.2, 0) is 23.2 Å². The minimum Gasteiger partial charge on any atom is -0.464 e. The summed E-state index contributed by atoms with van der Waals surface area (Å²) in [6, 6.07) is -1.05. The molecule has 3 amide bonds. The molecule has 0 aromatic carbocycles. The number of hydrogen-bond acceptors (Lipinski definition) is 5. The van der Waals surface area contributed by atoms with Crippen molar-refractivity contribution in [1.29, 1.82) is 0 Å². The van der Waals surface area contributed by atoms with Crippen LogP contribution in [0.2, 0.25) is 0 Å². The summed E-state index contributed by atoms with van der Waals surface area (Å²) in [5.41, 5.74) is -0.256. The molecule has 1 fully saturated rings.